The molecule has 0 saturated heterocycles. The summed E-state index contributed by atoms with van der Waals surface area (Å²) < 4.78 is 5.07. The minimum atomic E-state index is -0.775. The number of rotatable bonds is 9. The number of aliphatic hydroxyl groups is 1. The van der Waals surface area contributed by atoms with Crippen molar-refractivity contribution in [1.29, 1.82) is 0 Å². The van der Waals surface area contributed by atoms with Gasteiger partial charge in [-0.2, -0.15) is 0 Å². The van der Waals surface area contributed by atoms with Gasteiger partial charge in [0.15, 0.2) is 0 Å². The number of carbonyl (C=O) groups excluding carboxylic acids is 2. The van der Waals surface area contributed by atoms with Crippen LogP contribution in [0.2, 0.25) is 0 Å². The molecule has 1 atom stereocenters. The summed E-state index contributed by atoms with van der Waals surface area (Å²) in [5.41, 5.74) is 1.31. The van der Waals surface area contributed by atoms with Gasteiger partial charge < -0.3 is 20.5 Å². The number of carbonyl (C=O) groups is 2. The molecule has 0 bridgehead atoms. The van der Waals surface area contributed by atoms with Crippen LogP contribution in [-0.4, -0.2) is 37.1 Å². The van der Waals surface area contributed by atoms with Crippen molar-refractivity contribution in [3.8, 4) is 5.75 Å². The van der Waals surface area contributed by atoms with Crippen LogP contribution in [0.4, 0.5) is 0 Å². The molecule has 0 aliphatic rings. The first kappa shape index (κ1) is 19.5. The Morgan fingerprint density at radius 2 is 1.73 bits per heavy atom. The van der Waals surface area contributed by atoms with E-state index in [9.17, 15) is 14.7 Å². The van der Waals surface area contributed by atoms with E-state index < -0.39 is 6.10 Å². The average molecular weight is 356 g/mol. The zero-order chi connectivity index (χ0) is 18.8. The van der Waals surface area contributed by atoms with Crippen LogP contribution in [0, 0.1) is 0 Å². The molecule has 6 nitrogen and oxygen atoms in total. The van der Waals surface area contributed by atoms with Crippen molar-refractivity contribution in [2.45, 2.75) is 18.9 Å². The van der Waals surface area contributed by atoms with Gasteiger partial charge in [-0.15, -0.1) is 0 Å². The maximum atomic E-state index is 11.9. The van der Waals surface area contributed by atoms with Crippen LogP contribution < -0.4 is 15.4 Å². The Balaban J connectivity index is 1.63. The summed E-state index contributed by atoms with van der Waals surface area (Å²) in [5.74, 6) is 0.398. The van der Waals surface area contributed by atoms with E-state index in [1.165, 1.54) is 0 Å². The molecule has 0 spiro atoms. The zero-order valence-electron chi connectivity index (χ0n) is 14.8. The number of hydrogen-bond donors (Lipinski definition) is 3. The van der Waals surface area contributed by atoms with Crippen molar-refractivity contribution in [3.63, 3.8) is 0 Å². The molecule has 3 N–H and O–H groups in total. The third-order valence-electron chi connectivity index (χ3n) is 3.90. The summed E-state index contributed by atoms with van der Waals surface area (Å²) in [5, 5.41) is 15.6. The highest BCUT2D eigenvalue weighted by atomic mass is 16.5. The van der Waals surface area contributed by atoms with Crippen molar-refractivity contribution in [3.05, 3.63) is 65.7 Å². The SMILES string of the molecule is COc1ccc(C(O)CNC(=O)CCCNC(=O)c2ccccc2)cc1. The maximum absolute atomic E-state index is 11.9. The van der Waals surface area contributed by atoms with E-state index in [-0.39, 0.29) is 24.8 Å². The third-order valence-corrected chi connectivity index (χ3v) is 3.90. The lowest BCUT2D eigenvalue weighted by Gasteiger charge is -2.13. The van der Waals surface area contributed by atoms with Crippen molar-refractivity contribution in [2.24, 2.45) is 0 Å². The first-order valence-electron chi connectivity index (χ1n) is 8.52. The number of amides is 2. The van der Waals surface area contributed by atoms with Crippen LogP contribution in [0.3, 0.4) is 0 Å². The summed E-state index contributed by atoms with van der Waals surface area (Å²) in [6.07, 6.45) is 0.0376. The summed E-state index contributed by atoms with van der Waals surface area (Å²) >= 11 is 0. The lowest BCUT2D eigenvalue weighted by atomic mass is 10.1. The molecular weight excluding hydrogens is 332 g/mol. The first-order chi connectivity index (χ1) is 12.6. The molecule has 0 radical (unpaired) electrons. The van der Waals surface area contributed by atoms with Crippen LogP contribution in [0.1, 0.15) is 34.9 Å². The van der Waals surface area contributed by atoms with Crippen LogP contribution in [0.25, 0.3) is 0 Å². The van der Waals surface area contributed by atoms with E-state index >= 15 is 0 Å². The number of benzene rings is 2. The largest absolute Gasteiger partial charge is 0.497 e. The molecule has 0 fully saturated rings. The normalized spacial score (nSPS) is 11.5. The Morgan fingerprint density at radius 3 is 2.38 bits per heavy atom. The molecule has 0 saturated carbocycles. The molecule has 26 heavy (non-hydrogen) atoms. The smallest absolute Gasteiger partial charge is 0.251 e. The molecule has 1 unspecified atom stereocenters. The maximum Gasteiger partial charge on any atom is 0.251 e. The Hall–Kier alpha value is -2.86. The van der Waals surface area contributed by atoms with Crippen LogP contribution in [-0.2, 0) is 4.79 Å². The van der Waals surface area contributed by atoms with Gasteiger partial charge in [-0.05, 0) is 36.2 Å². The van der Waals surface area contributed by atoms with Gasteiger partial charge in [-0.3, -0.25) is 9.59 Å². The average Bonchev–Trinajstić information content (AvgIpc) is 2.70. The molecule has 2 rings (SSSR count). The quantitative estimate of drug-likeness (QED) is 0.600. The van der Waals surface area contributed by atoms with Gasteiger partial charge in [0.1, 0.15) is 5.75 Å². The number of ether oxygens (including phenoxy) is 1. The molecule has 0 aliphatic carbocycles. The lowest BCUT2D eigenvalue weighted by molar-refractivity contribution is -0.121. The Morgan fingerprint density at radius 1 is 1.04 bits per heavy atom. The number of hydrogen-bond acceptors (Lipinski definition) is 4. The molecular formula is C20H24N2O4. The molecule has 0 aliphatic heterocycles. The van der Waals surface area contributed by atoms with E-state index in [0.717, 1.165) is 0 Å². The topological polar surface area (TPSA) is 87.7 Å². The Bertz CT molecular complexity index is 702. The van der Waals surface area contributed by atoms with Gasteiger partial charge in [0.05, 0.1) is 13.2 Å². The van der Waals surface area contributed by atoms with Gasteiger partial charge in [0, 0.05) is 25.1 Å². The fourth-order valence-corrected chi connectivity index (χ4v) is 2.39. The second kappa shape index (κ2) is 10.2. The summed E-state index contributed by atoms with van der Waals surface area (Å²) in [7, 11) is 1.58. The monoisotopic (exact) mass is 356 g/mol. The summed E-state index contributed by atoms with van der Waals surface area (Å²) in [4.78, 5) is 23.7. The van der Waals surface area contributed by atoms with Crippen LogP contribution in [0.15, 0.2) is 54.6 Å². The highest BCUT2D eigenvalue weighted by Crippen LogP contribution is 2.16. The highest BCUT2D eigenvalue weighted by molar-refractivity contribution is 5.94. The van der Waals surface area contributed by atoms with Crippen molar-refractivity contribution in [1.82, 2.24) is 10.6 Å². The molecule has 2 amide bonds. The van der Waals surface area contributed by atoms with Gasteiger partial charge in [-0.25, -0.2) is 0 Å². The predicted molar refractivity (Wildman–Crippen MR) is 99.0 cm³/mol. The minimum absolute atomic E-state index is 0.140. The van der Waals surface area contributed by atoms with Crippen molar-refractivity contribution >= 4 is 11.8 Å². The van der Waals surface area contributed by atoms with Crippen molar-refractivity contribution in [2.75, 3.05) is 20.2 Å². The zero-order valence-corrected chi connectivity index (χ0v) is 14.8. The van der Waals surface area contributed by atoms with Gasteiger partial charge in [0.2, 0.25) is 5.91 Å². The van der Waals surface area contributed by atoms with E-state index in [1.807, 2.05) is 6.07 Å². The molecule has 2 aromatic rings. The van der Waals surface area contributed by atoms with Crippen LogP contribution >= 0.6 is 0 Å². The second-order valence-corrected chi connectivity index (χ2v) is 5.82. The summed E-state index contributed by atoms with van der Waals surface area (Å²) in [6, 6.07) is 16.0. The fourth-order valence-electron chi connectivity index (χ4n) is 2.39. The fraction of sp³-hybridized carbons (Fsp3) is 0.300. The molecule has 2 aromatic carbocycles. The van der Waals surface area contributed by atoms with E-state index in [2.05, 4.69) is 10.6 Å². The van der Waals surface area contributed by atoms with Gasteiger partial charge >= 0.3 is 0 Å². The first-order valence-corrected chi connectivity index (χ1v) is 8.52. The van der Waals surface area contributed by atoms with E-state index in [0.29, 0.717) is 29.8 Å². The van der Waals surface area contributed by atoms with Crippen molar-refractivity contribution < 1.29 is 19.4 Å². The Labute approximate surface area is 153 Å². The minimum Gasteiger partial charge on any atom is -0.497 e. The van der Waals surface area contributed by atoms with Gasteiger partial charge in [-0.1, -0.05) is 30.3 Å². The number of nitrogens with one attached hydrogen (secondary N) is 2. The third kappa shape index (κ3) is 6.22. The standard InChI is InChI=1S/C20H24N2O4/c1-26-17-11-9-15(10-12-17)18(23)14-22-19(24)8-5-13-21-20(25)16-6-3-2-4-7-16/h2-4,6-7,9-12,18,23H,5,8,13-14H2,1H3,(H,21,25)(H,22,24). The van der Waals surface area contributed by atoms with E-state index in [1.54, 1.807) is 55.6 Å². The molecule has 138 valence electrons. The van der Waals surface area contributed by atoms with E-state index in [4.69, 9.17) is 4.74 Å². The van der Waals surface area contributed by atoms with Crippen LogP contribution in [0.5, 0.6) is 5.75 Å². The molecule has 0 aromatic heterocycles. The van der Waals surface area contributed by atoms with Gasteiger partial charge in [0.25, 0.3) is 5.91 Å². The number of aliphatic hydroxyl groups excluding tert-OH is 1. The number of methoxy groups -OCH3 is 1. The lowest BCUT2D eigenvalue weighted by Crippen LogP contribution is -2.30. The highest BCUT2D eigenvalue weighted by Gasteiger charge is 2.10. The molecule has 0 heterocycles. The predicted octanol–water partition coefficient (Wildman–Crippen LogP) is 2.05. The summed E-state index contributed by atoms with van der Waals surface area (Å²) in [6.45, 7) is 0.559. The Kier molecular flexibility index (Phi) is 7.64. The second-order valence-electron chi connectivity index (χ2n) is 5.82. The molecule has 6 heteroatoms.